The van der Waals surface area contributed by atoms with E-state index in [0.717, 1.165) is 22.3 Å². The molecule has 2 amide bonds. The van der Waals surface area contributed by atoms with Gasteiger partial charge in [0.25, 0.3) is 0 Å². The fourth-order valence-corrected chi connectivity index (χ4v) is 4.36. The van der Waals surface area contributed by atoms with Crippen molar-refractivity contribution in [1.29, 1.82) is 0 Å². The van der Waals surface area contributed by atoms with Gasteiger partial charge in [0, 0.05) is 19.0 Å². The Morgan fingerprint density at radius 2 is 1.65 bits per heavy atom. The number of likely N-dealkylation sites (tertiary alicyclic amines) is 1. The zero-order chi connectivity index (χ0) is 22.0. The summed E-state index contributed by atoms with van der Waals surface area (Å²) in [5.41, 5.74) is 4.55. The molecule has 1 aliphatic carbocycles. The zero-order valence-corrected chi connectivity index (χ0v) is 17.4. The van der Waals surface area contributed by atoms with Crippen LogP contribution in [0.2, 0.25) is 0 Å². The van der Waals surface area contributed by atoms with Gasteiger partial charge in [-0.15, -0.1) is 0 Å². The van der Waals surface area contributed by atoms with Crippen molar-refractivity contribution >= 4 is 18.0 Å². The number of fused-ring (bicyclic) bond motifs is 3. The van der Waals surface area contributed by atoms with Crippen LogP contribution in [-0.2, 0) is 14.3 Å². The van der Waals surface area contributed by atoms with Crippen LogP contribution < -0.4 is 5.32 Å². The van der Waals surface area contributed by atoms with E-state index >= 15 is 0 Å². The second kappa shape index (κ2) is 8.79. The number of carboxylic acid groups (broad SMARTS) is 1. The highest BCUT2D eigenvalue weighted by molar-refractivity contribution is 5.88. The molecule has 2 aliphatic rings. The molecule has 1 aliphatic heterocycles. The molecule has 0 aromatic heterocycles. The fourth-order valence-electron chi connectivity index (χ4n) is 4.36. The van der Waals surface area contributed by atoms with Gasteiger partial charge in [0.2, 0.25) is 5.91 Å². The Morgan fingerprint density at radius 3 is 2.19 bits per heavy atom. The number of amides is 2. The van der Waals surface area contributed by atoms with Crippen molar-refractivity contribution in [1.82, 2.24) is 10.2 Å². The number of alkyl carbamates (subject to hydrolysis) is 1. The molecule has 2 aromatic rings. The first kappa shape index (κ1) is 20.9. The number of aliphatic carboxylic acids is 1. The molecule has 1 fully saturated rings. The third-order valence-corrected chi connectivity index (χ3v) is 6.05. The van der Waals surface area contributed by atoms with Crippen LogP contribution in [-0.4, -0.2) is 53.7 Å². The number of nitrogens with zero attached hydrogens (tertiary/aromatic N) is 1. The third kappa shape index (κ3) is 4.13. The van der Waals surface area contributed by atoms with Crippen LogP contribution in [0.4, 0.5) is 4.79 Å². The maximum Gasteiger partial charge on any atom is 0.407 e. The van der Waals surface area contributed by atoms with E-state index in [4.69, 9.17) is 9.84 Å². The van der Waals surface area contributed by atoms with Crippen LogP contribution in [0.5, 0.6) is 0 Å². The van der Waals surface area contributed by atoms with Crippen molar-refractivity contribution in [3.8, 4) is 11.1 Å². The largest absolute Gasteiger partial charge is 0.481 e. The monoisotopic (exact) mass is 422 g/mol. The fraction of sp³-hybridized carbons (Fsp3) is 0.375. The van der Waals surface area contributed by atoms with E-state index in [-0.39, 0.29) is 31.5 Å². The smallest absolute Gasteiger partial charge is 0.407 e. The van der Waals surface area contributed by atoms with Crippen LogP contribution in [0.1, 0.15) is 36.8 Å². The molecule has 162 valence electrons. The molecule has 4 rings (SSSR count). The normalized spacial score (nSPS) is 16.1. The lowest BCUT2D eigenvalue weighted by atomic mass is 9.98. The number of nitrogens with one attached hydrogen (secondary N) is 1. The highest BCUT2D eigenvalue weighted by Gasteiger charge is 2.38. The summed E-state index contributed by atoms with van der Waals surface area (Å²) in [5, 5.41) is 11.7. The lowest BCUT2D eigenvalue weighted by Gasteiger charge is -2.38. The number of hydrogen-bond acceptors (Lipinski definition) is 4. The van der Waals surface area contributed by atoms with E-state index in [0.29, 0.717) is 12.8 Å². The molecule has 31 heavy (non-hydrogen) atoms. The van der Waals surface area contributed by atoms with Crippen LogP contribution in [0, 0.1) is 5.92 Å². The van der Waals surface area contributed by atoms with Crippen LogP contribution >= 0.6 is 0 Å². The zero-order valence-electron chi connectivity index (χ0n) is 17.4. The Bertz CT molecular complexity index is 953. The van der Waals surface area contributed by atoms with Gasteiger partial charge in [0.1, 0.15) is 12.6 Å². The van der Waals surface area contributed by atoms with E-state index in [1.165, 1.54) is 4.90 Å². The van der Waals surface area contributed by atoms with E-state index < -0.39 is 24.0 Å². The number of benzene rings is 2. The summed E-state index contributed by atoms with van der Waals surface area (Å²) in [5.74, 6) is -1.74. The van der Waals surface area contributed by atoms with Crippen molar-refractivity contribution < 1.29 is 24.2 Å². The number of ether oxygens (including phenoxy) is 1. The van der Waals surface area contributed by atoms with Crippen molar-refractivity contribution in [3.63, 3.8) is 0 Å². The van der Waals surface area contributed by atoms with Crippen molar-refractivity contribution in [2.24, 2.45) is 5.92 Å². The Hall–Kier alpha value is -3.35. The van der Waals surface area contributed by atoms with Gasteiger partial charge in [-0.1, -0.05) is 61.9 Å². The summed E-state index contributed by atoms with van der Waals surface area (Å²) in [7, 11) is 0. The Morgan fingerprint density at radius 1 is 1.06 bits per heavy atom. The van der Waals surface area contributed by atoms with E-state index in [1.807, 2.05) is 43.3 Å². The molecular weight excluding hydrogens is 396 g/mol. The van der Waals surface area contributed by atoms with Gasteiger partial charge in [-0.3, -0.25) is 9.59 Å². The average molecular weight is 422 g/mol. The Balaban J connectivity index is 1.38. The van der Waals surface area contributed by atoms with Gasteiger partial charge in [0.05, 0.1) is 5.92 Å². The van der Waals surface area contributed by atoms with Crippen LogP contribution in [0.3, 0.4) is 0 Å². The predicted molar refractivity (Wildman–Crippen MR) is 115 cm³/mol. The molecule has 7 nitrogen and oxygen atoms in total. The maximum atomic E-state index is 12.7. The number of carbonyl (C=O) groups excluding carboxylic acids is 2. The van der Waals surface area contributed by atoms with Gasteiger partial charge >= 0.3 is 12.1 Å². The average Bonchev–Trinajstić information content (AvgIpc) is 3.04. The first-order valence-corrected chi connectivity index (χ1v) is 10.6. The van der Waals surface area contributed by atoms with E-state index in [9.17, 15) is 14.4 Å². The van der Waals surface area contributed by atoms with Crippen LogP contribution in [0.15, 0.2) is 48.5 Å². The lowest BCUT2D eigenvalue weighted by molar-refractivity contribution is -0.153. The third-order valence-electron chi connectivity index (χ3n) is 6.05. The molecule has 0 unspecified atom stereocenters. The predicted octanol–water partition coefficient (Wildman–Crippen LogP) is 3.24. The maximum absolute atomic E-state index is 12.7. The van der Waals surface area contributed by atoms with E-state index in [1.54, 1.807) is 0 Å². The van der Waals surface area contributed by atoms with Gasteiger partial charge in [-0.2, -0.15) is 0 Å². The minimum atomic E-state index is -0.902. The van der Waals surface area contributed by atoms with Gasteiger partial charge in [0.15, 0.2) is 0 Å². The van der Waals surface area contributed by atoms with Crippen LogP contribution in [0.25, 0.3) is 11.1 Å². The van der Waals surface area contributed by atoms with Crippen molar-refractivity contribution in [3.05, 3.63) is 59.7 Å². The molecule has 0 radical (unpaired) electrons. The molecule has 2 N–H and O–H groups in total. The minimum Gasteiger partial charge on any atom is -0.481 e. The molecule has 1 atom stereocenters. The first-order valence-electron chi connectivity index (χ1n) is 10.6. The summed E-state index contributed by atoms with van der Waals surface area (Å²) in [6, 6.07) is 15.5. The van der Waals surface area contributed by atoms with Crippen molar-refractivity contribution in [2.45, 2.75) is 31.7 Å². The molecule has 2 aromatic carbocycles. The van der Waals surface area contributed by atoms with E-state index in [2.05, 4.69) is 17.4 Å². The highest BCUT2D eigenvalue weighted by atomic mass is 16.5. The summed E-state index contributed by atoms with van der Waals surface area (Å²) in [6.07, 6.45) is 0.539. The number of rotatable bonds is 7. The lowest BCUT2D eigenvalue weighted by Crippen LogP contribution is -2.58. The van der Waals surface area contributed by atoms with Gasteiger partial charge in [-0.25, -0.2) is 4.79 Å². The standard InChI is InChI=1S/C24H26N2O5/c1-2-7-21(22(27)26-12-15(13-26)23(28)29)25-24(30)31-14-20-18-10-5-3-8-16(18)17-9-4-6-11-19(17)20/h3-6,8-11,15,20-21H,2,7,12-14H2,1H3,(H,25,30)(H,28,29)/t21-/m0/s1. The first-order chi connectivity index (χ1) is 15.0. The summed E-state index contributed by atoms with van der Waals surface area (Å²) < 4.78 is 5.54. The Kier molecular flexibility index (Phi) is 5.93. The van der Waals surface area contributed by atoms with Crippen molar-refractivity contribution in [2.75, 3.05) is 19.7 Å². The molecule has 0 saturated carbocycles. The molecular formula is C24H26N2O5. The summed E-state index contributed by atoms with van der Waals surface area (Å²) >= 11 is 0. The Labute approximate surface area is 181 Å². The quantitative estimate of drug-likeness (QED) is 0.714. The van der Waals surface area contributed by atoms with Gasteiger partial charge in [-0.05, 0) is 28.7 Å². The molecule has 0 bridgehead atoms. The number of hydrogen-bond donors (Lipinski definition) is 2. The van der Waals surface area contributed by atoms with Gasteiger partial charge < -0.3 is 20.1 Å². The molecule has 1 saturated heterocycles. The SMILES string of the molecule is CCC[C@H](NC(=O)OCC1c2ccccc2-c2ccccc21)C(=O)N1CC(C(=O)O)C1. The molecule has 1 heterocycles. The molecule has 0 spiro atoms. The second-order valence-electron chi connectivity index (χ2n) is 8.09. The topological polar surface area (TPSA) is 95.9 Å². The summed E-state index contributed by atoms with van der Waals surface area (Å²) in [6.45, 7) is 2.47. The minimum absolute atomic E-state index is 0.0508. The number of carbonyl (C=O) groups is 3. The molecule has 7 heteroatoms. The highest BCUT2D eigenvalue weighted by Crippen LogP contribution is 2.44. The number of carboxylic acids is 1. The second-order valence-corrected chi connectivity index (χ2v) is 8.09. The summed E-state index contributed by atoms with van der Waals surface area (Å²) in [4.78, 5) is 37.6.